The molecular formula is C17H18ClFN2O. The Morgan fingerprint density at radius 3 is 2.64 bits per heavy atom. The Labute approximate surface area is 133 Å². The van der Waals surface area contributed by atoms with Gasteiger partial charge in [-0.3, -0.25) is 4.79 Å². The molecule has 0 unspecified atom stereocenters. The van der Waals surface area contributed by atoms with Crippen molar-refractivity contribution >= 4 is 11.6 Å². The maximum absolute atomic E-state index is 14.3. The van der Waals surface area contributed by atoms with Gasteiger partial charge in [0, 0.05) is 5.56 Å². The summed E-state index contributed by atoms with van der Waals surface area (Å²) in [7, 11) is 0. The number of aromatic amines is 1. The highest BCUT2D eigenvalue weighted by atomic mass is 35.5. The van der Waals surface area contributed by atoms with E-state index in [4.69, 9.17) is 11.6 Å². The van der Waals surface area contributed by atoms with E-state index < -0.39 is 5.82 Å². The van der Waals surface area contributed by atoms with E-state index in [-0.39, 0.29) is 22.1 Å². The van der Waals surface area contributed by atoms with Crippen molar-refractivity contribution in [1.29, 1.82) is 0 Å². The highest BCUT2D eigenvalue weighted by Crippen LogP contribution is 2.40. The van der Waals surface area contributed by atoms with E-state index in [0.29, 0.717) is 5.56 Å². The Morgan fingerprint density at radius 1 is 1.23 bits per heavy atom. The summed E-state index contributed by atoms with van der Waals surface area (Å²) < 4.78 is 14.3. The first kappa shape index (κ1) is 15.2. The molecule has 0 amide bonds. The number of H-pyrrole nitrogens is 1. The molecule has 1 aromatic heterocycles. The third kappa shape index (κ3) is 2.68. The molecule has 0 spiro atoms. The summed E-state index contributed by atoms with van der Waals surface area (Å²) in [5.41, 5.74) is 1.77. The number of benzene rings is 1. The van der Waals surface area contributed by atoms with Crippen LogP contribution in [0.2, 0.25) is 5.02 Å². The summed E-state index contributed by atoms with van der Waals surface area (Å²) in [4.78, 5) is 12.4. The van der Waals surface area contributed by atoms with Crippen LogP contribution < -0.4 is 5.56 Å². The molecule has 2 aromatic rings. The van der Waals surface area contributed by atoms with E-state index in [1.807, 2.05) is 6.92 Å². The fraction of sp³-hybridized carbons (Fsp3) is 0.412. The Morgan fingerprint density at radius 2 is 1.95 bits per heavy atom. The highest BCUT2D eigenvalue weighted by Gasteiger charge is 2.26. The van der Waals surface area contributed by atoms with Gasteiger partial charge in [-0.15, -0.1) is 0 Å². The highest BCUT2D eigenvalue weighted by molar-refractivity contribution is 6.33. The van der Waals surface area contributed by atoms with Gasteiger partial charge in [-0.2, -0.15) is 5.10 Å². The normalized spacial score (nSPS) is 16.0. The average Bonchev–Trinajstić information content (AvgIpc) is 2.51. The van der Waals surface area contributed by atoms with Crippen LogP contribution in [0.5, 0.6) is 0 Å². The lowest BCUT2D eigenvalue weighted by Gasteiger charge is -2.25. The van der Waals surface area contributed by atoms with Gasteiger partial charge >= 0.3 is 0 Å². The minimum atomic E-state index is -0.472. The summed E-state index contributed by atoms with van der Waals surface area (Å²) in [5.74, 6) is -0.227. The largest absolute Gasteiger partial charge is 0.272 e. The molecule has 3 nitrogen and oxygen atoms in total. The van der Waals surface area contributed by atoms with Gasteiger partial charge < -0.3 is 0 Å². The fourth-order valence-corrected chi connectivity index (χ4v) is 3.69. The maximum Gasteiger partial charge on any atom is 0.272 e. The summed E-state index contributed by atoms with van der Waals surface area (Å²) in [6.45, 7) is 1.86. The molecule has 0 aliphatic heterocycles. The quantitative estimate of drug-likeness (QED) is 0.880. The predicted molar refractivity (Wildman–Crippen MR) is 85.8 cm³/mol. The third-order valence-electron chi connectivity index (χ3n) is 4.44. The van der Waals surface area contributed by atoms with E-state index in [2.05, 4.69) is 10.2 Å². The van der Waals surface area contributed by atoms with Gasteiger partial charge in [0.15, 0.2) is 0 Å². The van der Waals surface area contributed by atoms with Crippen molar-refractivity contribution < 1.29 is 4.39 Å². The molecule has 1 heterocycles. The lowest BCUT2D eigenvalue weighted by molar-refractivity contribution is 0.441. The molecule has 1 aliphatic carbocycles. The molecule has 22 heavy (non-hydrogen) atoms. The number of rotatable bonds is 2. The van der Waals surface area contributed by atoms with Gasteiger partial charge in [-0.05, 0) is 43.4 Å². The lowest BCUT2D eigenvalue weighted by atomic mass is 9.80. The van der Waals surface area contributed by atoms with Crippen molar-refractivity contribution in [2.75, 3.05) is 0 Å². The van der Waals surface area contributed by atoms with Crippen LogP contribution in [0.4, 0.5) is 4.39 Å². The van der Waals surface area contributed by atoms with Gasteiger partial charge in [-0.25, -0.2) is 9.49 Å². The van der Waals surface area contributed by atoms with Gasteiger partial charge in [0.2, 0.25) is 0 Å². The Kier molecular flexibility index (Phi) is 4.30. The average molecular weight is 321 g/mol. The van der Waals surface area contributed by atoms with Crippen LogP contribution in [-0.2, 0) is 0 Å². The van der Waals surface area contributed by atoms with Gasteiger partial charge in [0.1, 0.15) is 5.82 Å². The predicted octanol–water partition coefficient (Wildman–Crippen LogP) is 4.59. The first-order valence-corrected chi connectivity index (χ1v) is 8.01. The second kappa shape index (κ2) is 6.21. The van der Waals surface area contributed by atoms with E-state index in [0.717, 1.165) is 36.9 Å². The summed E-state index contributed by atoms with van der Waals surface area (Å²) in [5, 5.41) is 6.82. The van der Waals surface area contributed by atoms with Gasteiger partial charge in [0.25, 0.3) is 5.56 Å². The SMILES string of the molecule is Cc1n[nH]c(=O)c(-c2c(F)cccc2Cl)c1C1CCCCC1. The van der Waals surface area contributed by atoms with Crippen molar-refractivity contribution in [1.82, 2.24) is 10.2 Å². The van der Waals surface area contributed by atoms with Gasteiger partial charge in [-0.1, -0.05) is 36.9 Å². The number of hydrogen-bond donors (Lipinski definition) is 1. The standard InChI is InChI=1S/C17H18ClFN2O/c1-10-14(11-6-3-2-4-7-11)16(17(22)21-20-10)15-12(18)8-5-9-13(15)19/h5,8-9,11H,2-4,6-7H2,1H3,(H,21,22). The van der Waals surface area contributed by atoms with Crippen LogP contribution >= 0.6 is 11.6 Å². The lowest BCUT2D eigenvalue weighted by Crippen LogP contribution is -2.20. The number of aryl methyl sites for hydroxylation is 1. The van der Waals surface area contributed by atoms with Crippen LogP contribution in [0.3, 0.4) is 0 Å². The van der Waals surface area contributed by atoms with Crippen molar-refractivity contribution in [3.05, 3.63) is 50.7 Å². The van der Waals surface area contributed by atoms with Crippen molar-refractivity contribution in [3.8, 4) is 11.1 Å². The Balaban J connectivity index is 2.27. The molecule has 1 aliphatic rings. The van der Waals surface area contributed by atoms with Crippen LogP contribution in [0.15, 0.2) is 23.0 Å². The van der Waals surface area contributed by atoms with E-state index in [1.165, 1.54) is 12.5 Å². The second-order valence-electron chi connectivity index (χ2n) is 5.86. The first-order chi connectivity index (χ1) is 10.6. The molecule has 0 radical (unpaired) electrons. The molecule has 1 aromatic carbocycles. The minimum Gasteiger partial charge on any atom is -0.267 e. The number of nitrogens with zero attached hydrogens (tertiary/aromatic N) is 1. The van der Waals surface area contributed by atoms with E-state index in [9.17, 15) is 9.18 Å². The molecule has 3 rings (SSSR count). The van der Waals surface area contributed by atoms with Crippen LogP contribution in [0.1, 0.15) is 49.3 Å². The minimum absolute atomic E-state index is 0.191. The van der Waals surface area contributed by atoms with Crippen molar-refractivity contribution in [3.63, 3.8) is 0 Å². The zero-order valence-electron chi connectivity index (χ0n) is 12.5. The number of halogens is 2. The maximum atomic E-state index is 14.3. The zero-order valence-corrected chi connectivity index (χ0v) is 13.2. The molecule has 116 valence electrons. The van der Waals surface area contributed by atoms with Gasteiger partial charge in [0.05, 0.1) is 16.3 Å². The summed E-state index contributed by atoms with van der Waals surface area (Å²) >= 11 is 6.19. The molecule has 1 saturated carbocycles. The number of nitrogens with one attached hydrogen (secondary N) is 1. The van der Waals surface area contributed by atoms with E-state index >= 15 is 0 Å². The van der Waals surface area contributed by atoms with Crippen LogP contribution in [-0.4, -0.2) is 10.2 Å². The zero-order chi connectivity index (χ0) is 15.7. The van der Waals surface area contributed by atoms with E-state index in [1.54, 1.807) is 12.1 Å². The summed E-state index contributed by atoms with van der Waals surface area (Å²) in [6.07, 6.45) is 5.47. The molecular weight excluding hydrogens is 303 g/mol. The number of hydrogen-bond acceptors (Lipinski definition) is 2. The van der Waals surface area contributed by atoms with Crippen molar-refractivity contribution in [2.45, 2.75) is 44.9 Å². The second-order valence-corrected chi connectivity index (χ2v) is 6.27. The molecule has 0 saturated heterocycles. The molecule has 0 atom stereocenters. The molecule has 0 bridgehead atoms. The first-order valence-electron chi connectivity index (χ1n) is 7.63. The third-order valence-corrected chi connectivity index (χ3v) is 4.75. The van der Waals surface area contributed by atoms with Crippen molar-refractivity contribution in [2.24, 2.45) is 0 Å². The topological polar surface area (TPSA) is 45.8 Å². The Hall–Kier alpha value is -1.68. The van der Waals surface area contributed by atoms with Crippen LogP contribution in [0.25, 0.3) is 11.1 Å². The number of aromatic nitrogens is 2. The van der Waals surface area contributed by atoms with Crippen LogP contribution in [0, 0.1) is 12.7 Å². The monoisotopic (exact) mass is 320 g/mol. The summed E-state index contributed by atoms with van der Waals surface area (Å²) in [6, 6.07) is 4.49. The molecule has 1 N–H and O–H groups in total. The Bertz CT molecular complexity index is 731. The molecule has 1 fully saturated rings. The molecule has 5 heteroatoms. The smallest absolute Gasteiger partial charge is 0.267 e. The fourth-order valence-electron chi connectivity index (χ4n) is 3.43.